The van der Waals surface area contributed by atoms with Crippen LogP contribution in [-0.4, -0.2) is 11.5 Å². The molecule has 2 N–H and O–H groups in total. The molecule has 1 amide bonds. The van der Waals surface area contributed by atoms with Crippen LogP contribution in [0.1, 0.15) is 18.4 Å². The highest BCUT2D eigenvalue weighted by atomic mass is 16.5. The average molecular weight is 191 g/mol. The van der Waals surface area contributed by atoms with E-state index in [4.69, 9.17) is 10.5 Å². The Hall–Kier alpha value is -1.35. The van der Waals surface area contributed by atoms with Gasteiger partial charge >= 0.3 is 0 Å². The maximum absolute atomic E-state index is 11.0. The summed E-state index contributed by atoms with van der Waals surface area (Å²) in [5.74, 6) is -0.339. The van der Waals surface area contributed by atoms with Crippen LogP contribution in [0.5, 0.6) is 0 Å². The molecule has 1 aliphatic rings. The maximum Gasteiger partial charge on any atom is 0.249 e. The molecule has 1 saturated carbocycles. The molecule has 2 rings (SSSR count). The second-order valence-corrected chi connectivity index (χ2v) is 3.63. The van der Waals surface area contributed by atoms with Crippen LogP contribution in [0, 0.1) is 0 Å². The Morgan fingerprint density at radius 2 is 2.00 bits per heavy atom. The van der Waals surface area contributed by atoms with Crippen LogP contribution >= 0.6 is 0 Å². The number of rotatable bonds is 4. The Kier molecular flexibility index (Phi) is 2.25. The first kappa shape index (κ1) is 9.21. The largest absolute Gasteiger partial charge is 0.367 e. The molecule has 0 heterocycles. The summed E-state index contributed by atoms with van der Waals surface area (Å²) < 4.78 is 5.51. The molecule has 0 spiro atoms. The third-order valence-electron chi connectivity index (χ3n) is 2.51. The summed E-state index contributed by atoms with van der Waals surface area (Å²) in [4.78, 5) is 11.0. The number of hydrogen-bond donors (Lipinski definition) is 1. The van der Waals surface area contributed by atoms with Crippen molar-refractivity contribution >= 4 is 5.91 Å². The van der Waals surface area contributed by atoms with Gasteiger partial charge in [0.1, 0.15) is 5.60 Å². The summed E-state index contributed by atoms with van der Waals surface area (Å²) in [6.07, 6.45) is 1.52. The first-order chi connectivity index (χ1) is 6.73. The standard InChI is InChI=1S/C11H13NO2/c12-10(13)11(6-7-11)14-8-9-4-2-1-3-5-9/h1-5H,6-8H2,(H2,12,13). The Morgan fingerprint density at radius 3 is 2.50 bits per heavy atom. The third-order valence-corrected chi connectivity index (χ3v) is 2.51. The van der Waals surface area contributed by atoms with Gasteiger partial charge in [-0.15, -0.1) is 0 Å². The van der Waals surface area contributed by atoms with Crippen LogP contribution in [0.4, 0.5) is 0 Å². The van der Waals surface area contributed by atoms with Crippen molar-refractivity contribution in [3.63, 3.8) is 0 Å². The van der Waals surface area contributed by atoms with Crippen LogP contribution in [-0.2, 0) is 16.1 Å². The fraction of sp³-hybridized carbons (Fsp3) is 0.364. The van der Waals surface area contributed by atoms with Crippen molar-refractivity contribution < 1.29 is 9.53 Å². The fourth-order valence-corrected chi connectivity index (χ4v) is 1.37. The quantitative estimate of drug-likeness (QED) is 0.778. The molecule has 74 valence electrons. The number of nitrogens with two attached hydrogens (primary N) is 1. The zero-order valence-electron chi connectivity index (χ0n) is 7.90. The van der Waals surface area contributed by atoms with Crippen LogP contribution in [0.2, 0.25) is 0 Å². The summed E-state index contributed by atoms with van der Waals surface area (Å²) in [7, 11) is 0. The summed E-state index contributed by atoms with van der Waals surface area (Å²) in [5.41, 5.74) is 5.65. The minimum atomic E-state index is -0.657. The van der Waals surface area contributed by atoms with Gasteiger partial charge in [0, 0.05) is 0 Å². The molecule has 1 aliphatic carbocycles. The molecule has 0 saturated heterocycles. The Labute approximate surface area is 82.9 Å². The normalized spacial score (nSPS) is 17.7. The Bertz CT molecular complexity index is 330. The number of ether oxygens (including phenoxy) is 1. The second-order valence-electron chi connectivity index (χ2n) is 3.63. The van der Waals surface area contributed by atoms with Crippen LogP contribution < -0.4 is 5.73 Å². The highest BCUT2D eigenvalue weighted by Gasteiger charge is 2.50. The van der Waals surface area contributed by atoms with Gasteiger partial charge in [-0.25, -0.2) is 0 Å². The van der Waals surface area contributed by atoms with Gasteiger partial charge in [-0.2, -0.15) is 0 Å². The number of carbonyl (C=O) groups is 1. The molecule has 0 radical (unpaired) electrons. The van der Waals surface area contributed by atoms with E-state index in [1.807, 2.05) is 30.3 Å². The van der Waals surface area contributed by atoms with Crippen molar-refractivity contribution in [1.82, 2.24) is 0 Å². The molecule has 0 aromatic heterocycles. The van der Waals surface area contributed by atoms with Gasteiger partial charge in [-0.1, -0.05) is 30.3 Å². The molecule has 0 aliphatic heterocycles. The molecule has 0 bridgehead atoms. The van der Waals surface area contributed by atoms with Gasteiger partial charge in [-0.3, -0.25) is 4.79 Å². The SMILES string of the molecule is NC(=O)C1(OCc2ccccc2)CC1. The third kappa shape index (κ3) is 1.77. The minimum Gasteiger partial charge on any atom is -0.367 e. The number of amides is 1. The number of carbonyl (C=O) groups excluding carboxylic acids is 1. The average Bonchev–Trinajstić information content (AvgIpc) is 2.97. The predicted molar refractivity (Wildman–Crippen MR) is 52.4 cm³/mol. The molecular formula is C11H13NO2. The van der Waals surface area contributed by atoms with Crippen LogP contribution in [0.3, 0.4) is 0 Å². The summed E-state index contributed by atoms with van der Waals surface area (Å²) in [6.45, 7) is 0.462. The molecule has 3 heteroatoms. The van der Waals surface area contributed by atoms with Crippen molar-refractivity contribution in [3.8, 4) is 0 Å². The van der Waals surface area contributed by atoms with E-state index in [9.17, 15) is 4.79 Å². The maximum atomic E-state index is 11.0. The lowest BCUT2D eigenvalue weighted by Gasteiger charge is -2.12. The van der Waals surface area contributed by atoms with E-state index in [1.165, 1.54) is 0 Å². The smallest absolute Gasteiger partial charge is 0.249 e. The van der Waals surface area contributed by atoms with Crippen LogP contribution in [0.25, 0.3) is 0 Å². The minimum absolute atomic E-state index is 0.339. The van der Waals surface area contributed by atoms with Crippen molar-refractivity contribution in [1.29, 1.82) is 0 Å². The van der Waals surface area contributed by atoms with Crippen LogP contribution in [0.15, 0.2) is 30.3 Å². The predicted octanol–water partition coefficient (Wildman–Crippen LogP) is 1.22. The van der Waals surface area contributed by atoms with E-state index in [0.717, 1.165) is 18.4 Å². The van der Waals surface area contributed by atoms with Gasteiger partial charge in [-0.05, 0) is 18.4 Å². The first-order valence-electron chi connectivity index (χ1n) is 4.71. The van der Waals surface area contributed by atoms with Crippen molar-refractivity contribution in [2.75, 3.05) is 0 Å². The monoisotopic (exact) mass is 191 g/mol. The van der Waals surface area contributed by atoms with E-state index < -0.39 is 5.60 Å². The molecular weight excluding hydrogens is 178 g/mol. The molecule has 0 unspecified atom stereocenters. The molecule has 3 nitrogen and oxygen atoms in total. The van der Waals surface area contributed by atoms with E-state index in [2.05, 4.69) is 0 Å². The highest BCUT2D eigenvalue weighted by molar-refractivity contribution is 5.86. The van der Waals surface area contributed by atoms with Gasteiger partial charge in [0.05, 0.1) is 6.61 Å². The number of primary amides is 1. The van der Waals surface area contributed by atoms with E-state index >= 15 is 0 Å². The van der Waals surface area contributed by atoms with Crippen molar-refractivity contribution in [2.24, 2.45) is 5.73 Å². The lowest BCUT2D eigenvalue weighted by Crippen LogP contribution is -2.33. The number of benzene rings is 1. The molecule has 1 aromatic carbocycles. The highest BCUT2D eigenvalue weighted by Crippen LogP contribution is 2.39. The zero-order valence-corrected chi connectivity index (χ0v) is 7.90. The van der Waals surface area contributed by atoms with Crippen molar-refractivity contribution in [2.45, 2.75) is 25.0 Å². The Morgan fingerprint density at radius 1 is 1.36 bits per heavy atom. The fourth-order valence-electron chi connectivity index (χ4n) is 1.37. The second kappa shape index (κ2) is 3.42. The molecule has 0 atom stereocenters. The van der Waals surface area contributed by atoms with Gasteiger partial charge in [0.2, 0.25) is 5.91 Å². The molecule has 1 fully saturated rings. The summed E-state index contributed by atoms with van der Waals surface area (Å²) in [5, 5.41) is 0. The lowest BCUT2D eigenvalue weighted by atomic mass is 10.2. The summed E-state index contributed by atoms with van der Waals surface area (Å²) in [6, 6.07) is 9.78. The summed E-state index contributed by atoms with van der Waals surface area (Å²) >= 11 is 0. The lowest BCUT2D eigenvalue weighted by molar-refractivity contribution is -0.133. The van der Waals surface area contributed by atoms with E-state index in [1.54, 1.807) is 0 Å². The van der Waals surface area contributed by atoms with Gasteiger partial charge in [0.25, 0.3) is 0 Å². The van der Waals surface area contributed by atoms with E-state index in [0.29, 0.717) is 6.61 Å². The Balaban J connectivity index is 1.92. The topological polar surface area (TPSA) is 52.3 Å². The molecule has 1 aromatic rings. The van der Waals surface area contributed by atoms with Crippen molar-refractivity contribution in [3.05, 3.63) is 35.9 Å². The first-order valence-corrected chi connectivity index (χ1v) is 4.71. The van der Waals surface area contributed by atoms with Gasteiger partial charge in [0.15, 0.2) is 0 Å². The molecule has 14 heavy (non-hydrogen) atoms. The van der Waals surface area contributed by atoms with E-state index in [-0.39, 0.29) is 5.91 Å². The zero-order chi connectivity index (χ0) is 10.0. The number of hydrogen-bond acceptors (Lipinski definition) is 2. The van der Waals surface area contributed by atoms with Gasteiger partial charge < -0.3 is 10.5 Å².